The van der Waals surface area contributed by atoms with Crippen LogP contribution in [0.3, 0.4) is 0 Å². The third kappa shape index (κ3) is 23.5. The van der Waals surface area contributed by atoms with Gasteiger partial charge in [0.1, 0.15) is 11.6 Å². The van der Waals surface area contributed by atoms with Gasteiger partial charge in [0.15, 0.2) is 0 Å². The van der Waals surface area contributed by atoms with Crippen LogP contribution in [0.15, 0.2) is 18.2 Å². The van der Waals surface area contributed by atoms with E-state index in [1.54, 1.807) is 19.2 Å². The van der Waals surface area contributed by atoms with E-state index in [2.05, 4.69) is 10.6 Å². The van der Waals surface area contributed by atoms with Gasteiger partial charge in [-0.15, -0.1) is 0 Å². The molecule has 1 fully saturated rings. The summed E-state index contributed by atoms with van der Waals surface area (Å²) in [6, 6.07) is 3.52. The zero-order valence-corrected chi connectivity index (χ0v) is 39.2. The van der Waals surface area contributed by atoms with Crippen LogP contribution in [-0.4, -0.2) is 203 Å². The van der Waals surface area contributed by atoms with Crippen molar-refractivity contribution >= 4 is 41.3 Å². The molecular weight excluding hydrogens is 869 g/mol. The molecule has 3 rings (SSSR count). The highest BCUT2D eigenvalue weighted by Gasteiger charge is 2.45. The van der Waals surface area contributed by atoms with Gasteiger partial charge in [0.05, 0.1) is 142 Å². The monoisotopic (exact) mass is 940 g/mol. The number of hydrogen-bond acceptors (Lipinski definition) is 17. The van der Waals surface area contributed by atoms with E-state index in [1.807, 2.05) is 20.8 Å². The van der Waals surface area contributed by atoms with Crippen molar-refractivity contribution in [1.82, 2.24) is 15.1 Å². The number of likely N-dealkylation sites (N-methyl/N-ethyl adjacent to an activating group) is 1. The Morgan fingerprint density at radius 3 is 1.55 bits per heavy atom. The Labute approximate surface area is 387 Å². The maximum absolute atomic E-state index is 13.2. The predicted octanol–water partition coefficient (Wildman–Crippen LogP) is 2.62. The van der Waals surface area contributed by atoms with Crippen molar-refractivity contribution in [3.8, 4) is 0 Å². The number of carbonyl (C=O) groups is 6. The Balaban J connectivity index is 0.983. The number of unbranched alkanes of at least 4 members (excludes halogenated alkanes) is 2. The molecule has 2 aliphatic rings. The second kappa shape index (κ2) is 33.3. The van der Waals surface area contributed by atoms with Gasteiger partial charge in [-0.05, 0) is 52.2 Å². The van der Waals surface area contributed by atoms with Crippen molar-refractivity contribution < 1.29 is 80.9 Å². The highest BCUT2D eigenvalue weighted by molar-refractivity contribution is 6.26. The molecular formula is C45H72N4O17. The average Bonchev–Trinajstić information content (AvgIpc) is 3.53. The third-order valence-corrected chi connectivity index (χ3v) is 9.56. The van der Waals surface area contributed by atoms with Gasteiger partial charge in [-0.3, -0.25) is 34.2 Å². The van der Waals surface area contributed by atoms with E-state index in [9.17, 15) is 28.8 Å². The summed E-state index contributed by atoms with van der Waals surface area (Å²) < 4.78 is 60.4. The van der Waals surface area contributed by atoms with E-state index in [4.69, 9.17) is 52.1 Å². The minimum atomic E-state index is -1.08. The number of carbonyl (C=O) groups excluding carboxylic acids is 6. The first-order valence-electron chi connectivity index (χ1n) is 22.7. The molecule has 0 spiro atoms. The number of nitrogens with one attached hydrogen (secondary N) is 2. The van der Waals surface area contributed by atoms with Crippen molar-refractivity contribution in [2.75, 3.05) is 151 Å². The van der Waals surface area contributed by atoms with Crippen LogP contribution in [-0.2, 0) is 66.5 Å². The molecule has 1 aromatic rings. The molecule has 0 aromatic heterocycles. The molecule has 2 N–H and O–H groups in total. The Kier molecular flexibility index (Phi) is 28.4. The van der Waals surface area contributed by atoms with Gasteiger partial charge < -0.3 is 62.3 Å². The van der Waals surface area contributed by atoms with Gasteiger partial charge in [-0.2, -0.15) is 0 Å². The van der Waals surface area contributed by atoms with Crippen molar-refractivity contribution in [3.05, 3.63) is 29.3 Å². The largest absolute Gasteiger partial charge is 0.444 e. The number of nitrogens with zero attached hydrogens (tertiary/aromatic N) is 2. The van der Waals surface area contributed by atoms with Gasteiger partial charge in [0.25, 0.3) is 11.8 Å². The second-order valence-electron chi connectivity index (χ2n) is 16.1. The third-order valence-electron chi connectivity index (χ3n) is 9.56. The zero-order chi connectivity index (χ0) is 47.8. The Morgan fingerprint density at radius 2 is 1.09 bits per heavy atom. The fourth-order valence-electron chi connectivity index (χ4n) is 6.21. The van der Waals surface area contributed by atoms with Crippen LogP contribution in [0.1, 0.15) is 80.0 Å². The maximum atomic E-state index is 13.2. The number of fused-ring (bicyclic) bond motifs is 1. The zero-order valence-electron chi connectivity index (χ0n) is 39.2. The lowest BCUT2D eigenvalue weighted by atomic mass is 10.0. The smallest absolute Gasteiger partial charge is 0.410 e. The molecule has 0 aliphatic carbocycles. The molecule has 2 aliphatic heterocycles. The first kappa shape index (κ1) is 56.2. The Morgan fingerprint density at radius 1 is 0.636 bits per heavy atom. The number of benzene rings is 1. The van der Waals surface area contributed by atoms with Crippen LogP contribution in [0.4, 0.5) is 10.5 Å². The van der Waals surface area contributed by atoms with E-state index < -0.39 is 35.3 Å². The topological polar surface area (TPSA) is 234 Å². The lowest BCUT2D eigenvalue weighted by Crippen LogP contribution is -2.54. The fourth-order valence-corrected chi connectivity index (χ4v) is 6.21. The van der Waals surface area contributed by atoms with E-state index in [0.717, 1.165) is 17.7 Å². The van der Waals surface area contributed by atoms with Gasteiger partial charge in [-0.1, -0.05) is 12.5 Å². The van der Waals surface area contributed by atoms with Crippen molar-refractivity contribution in [1.29, 1.82) is 0 Å². The molecule has 2 heterocycles. The van der Waals surface area contributed by atoms with Crippen molar-refractivity contribution in [2.45, 2.75) is 70.9 Å². The molecule has 1 saturated heterocycles. The molecule has 21 nitrogen and oxygen atoms in total. The predicted molar refractivity (Wildman–Crippen MR) is 237 cm³/mol. The summed E-state index contributed by atoms with van der Waals surface area (Å²) >= 11 is 0. The highest BCUT2D eigenvalue weighted by Crippen LogP contribution is 2.32. The summed E-state index contributed by atoms with van der Waals surface area (Å²) in [5, 5.41) is 4.90. The summed E-state index contributed by atoms with van der Waals surface area (Å²) in [5.41, 5.74) is -0.154. The Bertz CT molecular complexity index is 1610. The molecule has 1 atom stereocenters. The van der Waals surface area contributed by atoms with Crippen LogP contribution in [0, 0.1) is 0 Å². The summed E-state index contributed by atoms with van der Waals surface area (Å²) in [6.07, 6.45) is 2.04. The highest BCUT2D eigenvalue weighted by atomic mass is 16.6. The summed E-state index contributed by atoms with van der Waals surface area (Å²) in [4.78, 5) is 77.0. The number of amides is 6. The number of piperidine rings is 1. The average molecular weight is 941 g/mol. The van der Waals surface area contributed by atoms with Gasteiger partial charge >= 0.3 is 6.09 Å². The normalized spacial score (nSPS) is 15.0. The van der Waals surface area contributed by atoms with Crippen molar-refractivity contribution in [2.24, 2.45) is 0 Å². The molecule has 0 radical (unpaired) electrons. The van der Waals surface area contributed by atoms with E-state index in [1.165, 1.54) is 11.0 Å². The molecule has 1 unspecified atom stereocenters. The molecule has 66 heavy (non-hydrogen) atoms. The van der Waals surface area contributed by atoms with Crippen LogP contribution >= 0.6 is 0 Å². The number of rotatable bonds is 38. The molecule has 21 heteroatoms. The fraction of sp³-hybridized carbons (Fsp3) is 0.733. The molecule has 6 amide bonds. The molecule has 0 bridgehead atoms. The first-order valence-corrected chi connectivity index (χ1v) is 22.7. The summed E-state index contributed by atoms with van der Waals surface area (Å²) in [7, 11) is 1.67. The number of hydrogen-bond donors (Lipinski definition) is 2. The van der Waals surface area contributed by atoms with Crippen molar-refractivity contribution in [3.63, 3.8) is 0 Å². The minimum Gasteiger partial charge on any atom is -0.444 e. The second-order valence-corrected chi connectivity index (χ2v) is 16.1. The quantitative estimate of drug-likeness (QED) is 0.0716. The number of ether oxygens (including phenoxy) is 11. The number of anilines is 1. The molecule has 0 saturated carbocycles. The van der Waals surface area contributed by atoms with E-state index >= 15 is 0 Å². The summed E-state index contributed by atoms with van der Waals surface area (Å²) in [5.74, 6) is -2.73. The van der Waals surface area contributed by atoms with Gasteiger partial charge in [0.2, 0.25) is 17.7 Å². The first-order chi connectivity index (χ1) is 31.9. The summed E-state index contributed by atoms with van der Waals surface area (Å²) in [6.45, 7) is 15.0. The van der Waals surface area contributed by atoms with Crippen LogP contribution < -0.4 is 10.6 Å². The molecule has 374 valence electrons. The van der Waals surface area contributed by atoms with Gasteiger partial charge in [-0.25, -0.2) is 4.79 Å². The Hall–Kier alpha value is -4.16. The SMILES string of the molecule is CN(CCOCCOCCOCCOCCOCCOCCOCCOCCOCCOCCCCCC(=O)Nc1cccc2c1C(=O)N(C1CCC(=O)NC1=O)C2=O)C(=O)OC(C)(C)C. The lowest BCUT2D eigenvalue weighted by Gasteiger charge is -2.27. The minimum absolute atomic E-state index is 0.0246. The van der Waals surface area contributed by atoms with Gasteiger partial charge in [0, 0.05) is 33.0 Å². The number of imide groups is 2. The lowest BCUT2D eigenvalue weighted by molar-refractivity contribution is -0.136. The van der Waals surface area contributed by atoms with Crippen LogP contribution in [0.25, 0.3) is 0 Å². The van der Waals surface area contributed by atoms with E-state index in [0.29, 0.717) is 145 Å². The standard InChI is InChI=1S/C45H72N4O17/c1-45(2,3)66-44(55)48(4)14-16-57-18-20-59-22-24-61-26-28-63-30-32-65-34-33-64-31-29-62-27-25-60-23-21-58-19-17-56-15-7-5-6-11-38(50)46-36-10-8-9-35-40(36)43(54)49(42(35)53)37-12-13-39(51)47-41(37)52/h8-10,37H,5-7,11-34H2,1-4H3,(H,46,50)(H,47,51,52). The molecule has 1 aromatic carbocycles. The van der Waals surface area contributed by atoms with Crippen LogP contribution in [0.2, 0.25) is 0 Å². The van der Waals surface area contributed by atoms with E-state index in [-0.39, 0.29) is 48.1 Å². The van der Waals surface area contributed by atoms with Crippen LogP contribution in [0.5, 0.6) is 0 Å². The maximum Gasteiger partial charge on any atom is 0.410 e.